The Morgan fingerprint density at radius 2 is 1.82 bits per heavy atom. The summed E-state index contributed by atoms with van der Waals surface area (Å²) < 4.78 is 32.7. The molecule has 0 unspecified atom stereocenters. The molecule has 1 heterocycles. The Kier molecular flexibility index (Phi) is 7.67. The largest absolute Gasteiger partial charge is 0.466 e. The average Bonchev–Trinajstić information content (AvgIpc) is 3.01. The summed E-state index contributed by atoms with van der Waals surface area (Å²) in [5.74, 6) is 0.357. The summed E-state index contributed by atoms with van der Waals surface area (Å²) in [5, 5.41) is 0. The van der Waals surface area contributed by atoms with E-state index in [0.29, 0.717) is 22.8 Å². The second-order valence-corrected chi connectivity index (χ2v) is 8.74. The fraction of sp³-hybridized carbons (Fsp3) is 0.333. The van der Waals surface area contributed by atoms with Gasteiger partial charge in [-0.15, -0.1) is 0 Å². The molecule has 3 N–H and O–H groups in total. The summed E-state index contributed by atoms with van der Waals surface area (Å²) in [6.45, 7) is 3.35. The van der Waals surface area contributed by atoms with E-state index in [-0.39, 0.29) is 11.3 Å². The fourth-order valence-electron chi connectivity index (χ4n) is 2.46. The van der Waals surface area contributed by atoms with Crippen LogP contribution >= 0.6 is 11.8 Å². The number of furan rings is 1. The highest BCUT2D eigenvalue weighted by Gasteiger charge is 2.26. The third-order valence-corrected chi connectivity index (χ3v) is 5.99. The maximum Gasteiger partial charge on any atom is 0.273 e. The van der Waals surface area contributed by atoms with Crippen molar-refractivity contribution in [1.82, 2.24) is 15.6 Å². The van der Waals surface area contributed by atoms with Crippen molar-refractivity contribution in [3.8, 4) is 0 Å². The number of thioether (sulfide) groups is 1. The maximum absolute atomic E-state index is 12.5. The highest BCUT2D eigenvalue weighted by Crippen LogP contribution is 2.13. The molecule has 0 bridgehead atoms. The van der Waals surface area contributed by atoms with Gasteiger partial charge in [-0.2, -0.15) is 16.5 Å². The summed E-state index contributed by atoms with van der Waals surface area (Å²) in [4.78, 5) is 24.8. The number of carbonyl (C=O) groups is 2. The van der Waals surface area contributed by atoms with Crippen LogP contribution in [0.5, 0.6) is 0 Å². The second kappa shape index (κ2) is 9.76. The van der Waals surface area contributed by atoms with Crippen LogP contribution in [0.3, 0.4) is 0 Å². The monoisotopic (exact) mass is 425 g/mol. The van der Waals surface area contributed by atoms with Crippen LogP contribution in [0.25, 0.3) is 0 Å². The summed E-state index contributed by atoms with van der Waals surface area (Å²) in [5.41, 5.74) is 4.87. The smallest absolute Gasteiger partial charge is 0.273 e. The molecule has 1 aromatic heterocycles. The number of hydrogen-bond donors (Lipinski definition) is 3. The van der Waals surface area contributed by atoms with Crippen molar-refractivity contribution in [2.45, 2.75) is 31.2 Å². The Balaban J connectivity index is 2.06. The first-order valence-corrected chi connectivity index (χ1v) is 11.4. The van der Waals surface area contributed by atoms with Crippen LogP contribution in [0.1, 0.15) is 28.3 Å². The van der Waals surface area contributed by atoms with Gasteiger partial charge in [0.05, 0.1) is 10.5 Å². The van der Waals surface area contributed by atoms with Gasteiger partial charge in [0.15, 0.2) is 0 Å². The Hall–Kier alpha value is -2.30. The van der Waals surface area contributed by atoms with E-state index < -0.39 is 27.9 Å². The number of nitrogens with one attached hydrogen (secondary N) is 3. The van der Waals surface area contributed by atoms with Crippen molar-refractivity contribution in [3.05, 3.63) is 53.5 Å². The van der Waals surface area contributed by atoms with Crippen LogP contribution in [0.4, 0.5) is 0 Å². The summed E-state index contributed by atoms with van der Waals surface area (Å²) >= 11 is 1.48. The molecule has 0 aliphatic rings. The maximum atomic E-state index is 12.5. The number of carbonyl (C=O) groups excluding carboxylic acids is 2. The highest BCUT2D eigenvalue weighted by atomic mass is 32.2. The number of sulfonamides is 1. The molecule has 0 fully saturated rings. The van der Waals surface area contributed by atoms with Crippen molar-refractivity contribution in [3.63, 3.8) is 0 Å². The van der Waals surface area contributed by atoms with E-state index in [2.05, 4.69) is 15.6 Å². The van der Waals surface area contributed by atoms with Crippen molar-refractivity contribution in [2.24, 2.45) is 0 Å². The Bertz CT molecular complexity index is 926. The molecule has 0 aliphatic carbocycles. The lowest BCUT2D eigenvalue weighted by molar-refractivity contribution is -0.123. The summed E-state index contributed by atoms with van der Waals surface area (Å²) in [6.07, 6.45) is 2.12. The van der Waals surface area contributed by atoms with Gasteiger partial charge in [-0.05, 0) is 50.5 Å². The zero-order chi connectivity index (χ0) is 20.7. The lowest BCUT2D eigenvalue weighted by Gasteiger charge is -2.18. The topological polar surface area (TPSA) is 118 Å². The van der Waals surface area contributed by atoms with Gasteiger partial charge in [-0.1, -0.05) is 18.2 Å². The predicted octanol–water partition coefficient (Wildman–Crippen LogP) is 1.76. The Morgan fingerprint density at radius 3 is 2.39 bits per heavy atom. The number of rotatable bonds is 8. The fourth-order valence-corrected chi connectivity index (χ4v) is 4.19. The third kappa shape index (κ3) is 5.85. The first-order chi connectivity index (χ1) is 13.2. The first-order valence-electron chi connectivity index (χ1n) is 8.48. The minimum absolute atomic E-state index is 0.0606. The van der Waals surface area contributed by atoms with E-state index in [4.69, 9.17) is 4.42 Å². The van der Waals surface area contributed by atoms with Gasteiger partial charge < -0.3 is 4.42 Å². The number of benzene rings is 1. The molecule has 1 aromatic carbocycles. The van der Waals surface area contributed by atoms with Gasteiger partial charge in [-0.3, -0.25) is 20.4 Å². The van der Waals surface area contributed by atoms with Crippen molar-refractivity contribution in [2.75, 3.05) is 12.0 Å². The third-order valence-electron chi connectivity index (χ3n) is 3.86. The zero-order valence-electron chi connectivity index (χ0n) is 15.8. The molecular formula is C18H23N3O5S2. The van der Waals surface area contributed by atoms with Gasteiger partial charge in [0.25, 0.3) is 11.8 Å². The van der Waals surface area contributed by atoms with E-state index in [1.807, 2.05) is 6.26 Å². The quantitative estimate of drug-likeness (QED) is 0.555. The van der Waals surface area contributed by atoms with E-state index in [1.165, 1.54) is 23.9 Å². The number of hydrazine groups is 1. The second-order valence-electron chi connectivity index (χ2n) is 6.04. The van der Waals surface area contributed by atoms with Gasteiger partial charge in [0.1, 0.15) is 17.6 Å². The van der Waals surface area contributed by atoms with Crippen LogP contribution in [-0.2, 0) is 14.8 Å². The standard InChI is InChI=1S/C18H23N3O5S2/c1-12-11-15(13(2)26-12)17(22)19-20-18(23)16(9-10-27-3)21-28(24,25)14-7-5-4-6-8-14/h4-8,11,16,21H,9-10H2,1-3H3,(H,19,22)(H,20,23)/t16-/m0/s1. The first kappa shape index (κ1) is 22.0. The van der Waals surface area contributed by atoms with E-state index in [1.54, 1.807) is 38.1 Å². The molecular weight excluding hydrogens is 402 g/mol. The molecule has 0 saturated carbocycles. The molecule has 0 saturated heterocycles. The van der Waals surface area contributed by atoms with Gasteiger partial charge in [0.2, 0.25) is 10.0 Å². The van der Waals surface area contributed by atoms with E-state index in [9.17, 15) is 18.0 Å². The van der Waals surface area contributed by atoms with Gasteiger partial charge in [0, 0.05) is 0 Å². The van der Waals surface area contributed by atoms with Gasteiger partial charge in [-0.25, -0.2) is 8.42 Å². The minimum atomic E-state index is -3.88. The molecule has 0 radical (unpaired) electrons. The van der Waals surface area contributed by atoms with Crippen LogP contribution in [-0.4, -0.2) is 38.3 Å². The normalized spacial score (nSPS) is 12.4. The molecule has 28 heavy (non-hydrogen) atoms. The highest BCUT2D eigenvalue weighted by molar-refractivity contribution is 7.98. The average molecular weight is 426 g/mol. The zero-order valence-corrected chi connectivity index (χ0v) is 17.4. The SMILES string of the molecule is CSCC[C@H](NS(=O)(=O)c1ccccc1)C(=O)NNC(=O)c1cc(C)oc1C. The molecule has 10 heteroatoms. The van der Waals surface area contributed by atoms with Crippen LogP contribution in [0.2, 0.25) is 0 Å². The van der Waals surface area contributed by atoms with Crippen LogP contribution in [0, 0.1) is 13.8 Å². The minimum Gasteiger partial charge on any atom is -0.466 e. The molecule has 152 valence electrons. The molecule has 2 amide bonds. The van der Waals surface area contributed by atoms with Crippen molar-refractivity contribution < 1.29 is 22.4 Å². The lowest BCUT2D eigenvalue weighted by Crippen LogP contribution is -2.52. The number of hydrogen-bond acceptors (Lipinski definition) is 6. The van der Waals surface area contributed by atoms with Crippen molar-refractivity contribution >= 4 is 33.6 Å². The van der Waals surface area contributed by atoms with Crippen molar-refractivity contribution in [1.29, 1.82) is 0 Å². The van der Waals surface area contributed by atoms with Gasteiger partial charge >= 0.3 is 0 Å². The van der Waals surface area contributed by atoms with Crippen LogP contribution < -0.4 is 15.6 Å². The number of amides is 2. The summed E-state index contributed by atoms with van der Waals surface area (Å²) in [7, 11) is -3.88. The number of aryl methyl sites for hydroxylation is 2. The Morgan fingerprint density at radius 1 is 1.14 bits per heavy atom. The molecule has 2 rings (SSSR count). The molecule has 0 aliphatic heterocycles. The Labute approximate surface area is 168 Å². The molecule has 8 nitrogen and oxygen atoms in total. The summed E-state index contributed by atoms with van der Waals surface area (Å²) in [6, 6.07) is 8.30. The predicted molar refractivity (Wildman–Crippen MR) is 107 cm³/mol. The molecule has 0 spiro atoms. The molecule has 1 atom stereocenters. The molecule has 2 aromatic rings. The van der Waals surface area contributed by atoms with E-state index >= 15 is 0 Å². The lowest BCUT2D eigenvalue weighted by atomic mass is 10.2. The van der Waals surface area contributed by atoms with E-state index in [0.717, 1.165) is 0 Å². The van der Waals surface area contributed by atoms with Crippen LogP contribution in [0.15, 0.2) is 45.7 Å².